The van der Waals surface area contributed by atoms with Crippen LogP contribution in [0.3, 0.4) is 0 Å². The Bertz CT molecular complexity index is 1600. The molecule has 0 aliphatic rings. The molecule has 0 aliphatic carbocycles. The molecule has 8 nitrogen and oxygen atoms in total. The van der Waals surface area contributed by atoms with Gasteiger partial charge >= 0.3 is 0 Å². The first-order valence-corrected chi connectivity index (χ1v) is 10.1. The van der Waals surface area contributed by atoms with Crippen molar-refractivity contribution in [2.24, 2.45) is 0 Å². The number of aryl methyl sites for hydroxylation is 1. The molecule has 0 radical (unpaired) electrons. The first-order valence-electron chi connectivity index (χ1n) is 10.1. The fraction of sp³-hybridized carbons (Fsp3) is 0.0800. The van der Waals surface area contributed by atoms with Gasteiger partial charge in [-0.2, -0.15) is 5.26 Å². The van der Waals surface area contributed by atoms with Crippen molar-refractivity contribution in [1.29, 1.82) is 5.26 Å². The standard InChI is InChI=1S/C25H18N4O4/c1-13-10-19(30)23(31)24(33-13)22-21(14-6-8-16(32-2)9-7-14)28-25(29-22)17-12-27-18-5-3-4-15(11-26)20(17)18/h3-10,12,27,31H,1-2H3,(H,28,29). The second kappa shape index (κ2) is 7.73. The minimum absolute atomic E-state index is 0.00934. The highest BCUT2D eigenvalue weighted by Gasteiger charge is 2.23. The Labute approximate surface area is 187 Å². The van der Waals surface area contributed by atoms with E-state index in [2.05, 4.69) is 16.0 Å². The Kier molecular flexibility index (Phi) is 4.72. The molecule has 8 heteroatoms. The predicted molar refractivity (Wildman–Crippen MR) is 123 cm³/mol. The van der Waals surface area contributed by atoms with Crippen molar-refractivity contribution in [3.8, 4) is 51.7 Å². The van der Waals surface area contributed by atoms with E-state index in [4.69, 9.17) is 14.1 Å². The van der Waals surface area contributed by atoms with Crippen LogP contribution in [0.1, 0.15) is 11.3 Å². The van der Waals surface area contributed by atoms with Gasteiger partial charge in [-0.25, -0.2) is 4.98 Å². The molecule has 0 saturated carbocycles. The SMILES string of the molecule is COc1ccc(-c2nc(-c3c[nH]c4cccc(C#N)c34)[nH]c2-c2oc(C)cc(=O)c2O)cc1. The molecule has 0 unspecified atom stereocenters. The van der Waals surface area contributed by atoms with E-state index in [0.29, 0.717) is 39.8 Å². The fourth-order valence-electron chi connectivity index (χ4n) is 3.86. The molecule has 0 saturated heterocycles. The Morgan fingerprint density at radius 2 is 1.97 bits per heavy atom. The lowest BCUT2D eigenvalue weighted by Gasteiger charge is -2.06. The van der Waals surface area contributed by atoms with E-state index in [-0.39, 0.29) is 5.76 Å². The van der Waals surface area contributed by atoms with Gasteiger partial charge in [0.15, 0.2) is 5.76 Å². The molecule has 0 fully saturated rings. The Morgan fingerprint density at radius 3 is 2.70 bits per heavy atom. The zero-order chi connectivity index (χ0) is 23.1. The third kappa shape index (κ3) is 3.32. The Hall–Kier alpha value is -4.77. The molecule has 3 N–H and O–H groups in total. The molecular weight excluding hydrogens is 420 g/mol. The van der Waals surface area contributed by atoms with Crippen LogP contribution in [-0.2, 0) is 0 Å². The van der Waals surface area contributed by atoms with Gasteiger partial charge in [-0.1, -0.05) is 6.07 Å². The van der Waals surface area contributed by atoms with Crippen LogP contribution < -0.4 is 10.2 Å². The van der Waals surface area contributed by atoms with E-state index in [0.717, 1.165) is 16.5 Å². The molecule has 5 aromatic rings. The molecule has 0 atom stereocenters. The monoisotopic (exact) mass is 438 g/mol. The highest BCUT2D eigenvalue weighted by molar-refractivity contribution is 5.99. The zero-order valence-electron chi connectivity index (χ0n) is 17.8. The van der Waals surface area contributed by atoms with Gasteiger partial charge in [0.25, 0.3) is 0 Å². The summed E-state index contributed by atoms with van der Waals surface area (Å²) in [6, 6.07) is 16.1. The van der Waals surface area contributed by atoms with E-state index in [1.54, 1.807) is 44.5 Å². The lowest BCUT2D eigenvalue weighted by atomic mass is 10.1. The molecule has 0 aliphatic heterocycles. The topological polar surface area (TPSA) is 128 Å². The van der Waals surface area contributed by atoms with Crippen LogP contribution in [-0.4, -0.2) is 27.2 Å². The summed E-state index contributed by atoms with van der Waals surface area (Å²) >= 11 is 0. The van der Waals surface area contributed by atoms with Crippen molar-refractivity contribution in [1.82, 2.24) is 15.0 Å². The van der Waals surface area contributed by atoms with E-state index < -0.39 is 11.2 Å². The fourth-order valence-corrected chi connectivity index (χ4v) is 3.86. The number of nitrogens with one attached hydrogen (secondary N) is 2. The number of imidazole rings is 1. The zero-order valence-corrected chi connectivity index (χ0v) is 17.8. The van der Waals surface area contributed by atoms with Gasteiger partial charge in [-0.05, 0) is 43.3 Å². The first kappa shape index (κ1) is 20.2. The summed E-state index contributed by atoms with van der Waals surface area (Å²) in [5.74, 6) is 0.959. The molecular formula is C25H18N4O4. The van der Waals surface area contributed by atoms with Crippen LogP contribution in [0.4, 0.5) is 0 Å². The van der Waals surface area contributed by atoms with E-state index in [1.807, 2.05) is 18.2 Å². The number of aromatic amines is 2. The number of hydrogen-bond acceptors (Lipinski definition) is 6. The second-order valence-corrected chi connectivity index (χ2v) is 7.48. The minimum atomic E-state index is -0.551. The number of aromatic hydroxyl groups is 1. The number of hydrogen-bond donors (Lipinski definition) is 3. The summed E-state index contributed by atoms with van der Waals surface area (Å²) in [6.07, 6.45) is 1.76. The third-order valence-electron chi connectivity index (χ3n) is 5.42. The van der Waals surface area contributed by atoms with Crippen molar-refractivity contribution in [3.63, 3.8) is 0 Å². The van der Waals surface area contributed by atoms with Crippen LogP contribution in [0.2, 0.25) is 0 Å². The van der Waals surface area contributed by atoms with Crippen LogP contribution >= 0.6 is 0 Å². The van der Waals surface area contributed by atoms with Gasteiger partial charge in [0.2, 0.25) is 11.2 Å². The highest BCUT2D eigenvalue weighted by atomic mass is 16.5. The normalized spacial score (nSPS) is 10.9. The smallest absolute Gasteiger partial charge is 0.227 e. The first-order chi connectivity index (χ1) is 16.0. The average Bonchev–Trinajstić information content (AvgIpc) is 3.46. The van der Waals surface area contributed by atoms with Crippen LogP contribution in [0.5, 0.6) is 11.5 Å². The number of methoxy groups -OCH3 is 1. The van der Waals surface area contributed by atoms with Crippen molar-refractivity contribution in [2.45, 2.75) is 6.92 Å². The Morgan fingerprint density at radius 1 is 1.18 bits per heavy atom. The van der Waals surface area contributed by atoms with Gasteiger partial charge in [0.05, 0.1) is 18.7 Å². The van der Waals surface area contributed by atoms with Crippen molar-refractivity contribution >= 4 is 10.9 Å². The maximum absolute atomic E-state index is 12.3. The largest absolute Gasteiger partial charge is 0.501 e. The van der Waals surface area contributed by atoms with E-state index in [1.165, 1.54) is 6.07 Å². The van der Waals surface area contributed by atoms with Crippen LogP contribution in [0, 0.1) is 18.3 Å². The third-order valence-corrected chi connectivity index (χ3v) is 5.42. The maximum Gasteiger partial charge on any atom is 0.227 e. The number of rotatable bonds is 4. The summed E-state index contributed by atoms with van der Waals surface area (Å²) < 4.78 is 11.0. The van der Waals surface area contributed by atoms with Gasteiger partial charge in [-0.15, -0.1) is 0 Å². The van der Waals surface area contributed by atoms with Crippen molar-refractivity contribution in [2.75, 3.05) is 7.11 Å². The minimum Gasteiger partial charge on any atom is -0.501 e. The number of benzene rings is 2. The average molecular weight is 438 g/mol. The summed E-state index contributed by atoms with van der Waals surface area (Å²) in [5.41, 5.74) is 2.95. The number of fused-ring (bicyclic) bond motifs is 1. The van der Waals surface area contributed by atoms with Gasteiger partial charge in [0.1, 0.15) is 28.7 Å². The van der Waals surface area contributed by atoms with Gasteiger partial charge in [-0.3, -0.25) is 4.79 Å². The quantitative estimate of drug-likeness (QED) is 0.372. The molecule has 3 heterocycles. The lowest BCUT2D eigenvalue weighted by Crippen LogP contribution is -2.01. The molecule has 162 valence electrons. The second-order valence-electron chi connectivity index (χ2n) is 7.48. The lowest BCUT2D eigenvalue weighted by molar-refractivity contribution is 0.415. The van der Waals surface area contributed by atoms with E-state index in [9.17, 15) is 15.2 Å². The van der Waals surface area contributed by atoms with Crippen LogP contribution in [0.15, 0.2) is 63.9 Å². The predicted octanol–water partition coefficient (Wildman–Crippen LogP) is 4.74. The number of nitrogens with zero attached hydrogens (tertiary/aromatic N) is 2. The molecule has 33 heavy (non-hydrogen) atoms. The van der Waals surface area contributed by atoms with Gasteiger partial charge < -0.3 is 24.2 Å². The molecule has 2 aromatic carbocycles. The molecule has 0 spiro atoms. The molecule has 0 amide bonds. The number of nitriles is 1. The van der Waals surface area contributed by atoms with Gasteiger partial charge in [0, 0.05) is 34.3 Å². The number of H-pyrrole nitrogens is 2. The van der Waals surface area contributed by atoms with Crippen molar-refractivity contribution in [3.05, 3.63) is 76.3 Å². The molecule has 5 rings (SSSR count). The molecule has 0 bridgehead atoms. The summed E-state index contributed by atoms with van der Waals surface area (Å²) in [7, 11) is 1.58. The summed E-state index contributed by atoms with van der Waals surface area (Å²) in [5, 5.41) is 20.8. The summed E-state index contributed by atoms with van der Waals surface area (Å²) in [6.45, 7) is 1.63. The highest BCUT2D eigenvalue weighted by Crippen LogP contribution is 2.38. The summed E-state index contributed by atoms with van der Waals surface area (Å²) in [4.78, 5) is 23.4. The van der Waals surface area contributed by atoms with E-state index >= 15 is 0 Å². The van der Waals surface area contributed by atoms with Crippen LogP contribution in [0.25, 0.3) is 45.0 Å². The number of aromatic nitrogens is 3. The maximum atomic E-state index is 12.3. The molecule has 3 aromatic heterocycles. The van der Waals surface area contributed by atoms with Crippen molar-refractivity contribution < 1.29 is 14.3 Å². The number of ether oxygens (including phenoxy) is 1. The Balaban J connectivity index is 1.80.